The van der Waals surface area contributed by atoms with Gasteiger partial charge < -0.3 is 15.5 Å². The number of hydrogen-bond donors (Lipinski definition) is 2. The van der Waals surface area contributed by atoms with E-state index in [4.69, 9.17) is 0 Å². The lowest BCUT2D eigenvalue weighted by Crippen LogP contribution is -2.47. The van der Waals surface area contributed by atoms with Gasteiger partial charge >= 0.3 is 0 Å². The lowest BCUT2D eigenvalue weighted by molar-refractivity contribution is -0.120. The molecule has 0 saturated carbocycles. The molecule has 0 bridgehead atoms. The van der Waals surface area contributed by atoms with Crippen molar-refractivity contribution in [2.75, 3.05) is 59.4 Å². The summed E-state index contributed by atoms with van der Waals surface area (Å²) in [5.74, 6) is 0.104. The maximum Gasteiger partial charge on any atom is 0.234 e. The number of piperazine rings is 1. The molecule has 0 spiro atoms. The van der Waals surface area contributed by atoms with E-state index in [1.54, 1.807) is 0 Å². The van der Waals surface area contributed by atoms with Gasteiger partial charge in [-0.2, -0.15) is 0 Å². The molecule has 100 valence electrons. The molecule has 1 amide bonds. The summed E-state index contributed by atoms with van der Waals surface area (Å²) in [5.41, 5.74) is 0. The normalized spacial score (nSPS) is 18.2. The van der Waals surface area contributed by atoms with Gasteiger partial charge in [0, 0.05) is 39.3 Å². The van der Waals surface area contributed by atoms with Gasteiger partial charge in [0.25, 0.3) is 0 Å². The quantitative estimate of drug-likeness (QED) is 0.583. The first-order valence-electron chi connectivity index (χ1n) is 6.60. The molecule has 1 rings (SSSR count). The third kappa shape index (κ3) is 6.61. The number of nitrogens with one attached hydrogen (secondary N) is 2. The zero-order chi connectivity index (χ0) is 12.5. The first-order chi connectivity index (χ1) is 8.22. The zero-order valence-corrected chi connectivity index (χ0v) is 11.2. The second-order valence-electron chi connectivity index (χ2n) is 4.67. The van der Waals surface area contributed by atoms with Gasteiger partial charge in [0.05, 0.1) is 6.54 Å². The van der Waals surface area contributed by atoms with Crippen molar-refractivity contribution < 1.29 is 4.79 Å². The Morgan fingerprint density at radius 1 is 1.18 bits per heavy atom. The Balaban J connectivity index is 1.97. The molecule has 0 atom stereocenters. The monoisotopic (exact) mass is 242 g/mol. The van der Waals surface area contributed by atoms with Crippen LogP contribution in [0.15, 0.2) is 0 Å². The molecule has 1 fully saturated rings. The highest BCUT2D eigenvalue weighted by atomic mass is 16.1. The van der Waals surface area contributed by atoms with Gasteiger partial charge in [-0.15, -0.1) is 0 Å². The summed E-state index contributed by atoms with van der Waals surface area (Å²) in [7, 11) is 2.15. The van der Waals surface area contributed by atoms with Gasteiger partial charge in [-0.25, -0.2) is 0 Å². The molecule has 1 aliphatic rings. The zero-order valence-electron chi connectivity index (χ0n) is 11.2. The predicted molar refractivity (Wildman–Crippen MR) is 70.1 cm³/mol. The molecule has 0 aromatic heterocycles. The Morgan fingerprint density at radius 3 is 2.53 bits per heavy atom. The molecule has 1 heterocycles. The predicted octanol–water partition coefficient (Wildman–Crippen LogP) is -0.650. The van der Waals surface area contributed by atoms with Gasteiger partial charge in [-0.1, -0.05) is 6.92 Å². The minimum absolute atomic E-state index is 0.104. The molecule has 1 aliphatic heterocycles. The van der Waals surface area contributed by atoms with Gasteiger partial charge in [0.1, 0.15) is 0 Å². The number of likely N-dealkylation sites (N-methyl/N-ethyl adjacent to an activating group) is 1. The van der Waals surface area contributed by atoms with Crippen LogP contribution in [0.2, 0.25) is 0 Å². The van der Waals surface area contributed by atoms with E-state index in [9.17, 15) is 4.79 Å². The lowest BCUT2D eigenvalue weighted by atomic mass is 10.3. The summed E-state index contributed by atoms with van der Waals surface area (Å²) < 4.78 is 0. The summed E-state index contributed by atoms with van der Waals surface area (Å²) >= 11 is 0. The van der Waals surface area contributed by atoms with Gasteiger partial charge in [-0.05, 0) is 20.0 Å². The molecule has 5 nitrogen and oxygen atoms in total. The number of rotatable bonds is 7. The third-order valence-electron chi connectivity index (χ3n) is 3.06. The fourth-order valence-corrected chi connectivity index (χ4v) is 1.87. The second kappa shape index (κ2) is 8.44. The summed E-state index contributed by atoms with van der Waals surface area (Å²) in [6.45, 7) is 9.66. The Bertz CT molecular complexity index is 215. The number of carbonyl (C=O) groups is 1. The van der Waals surface area contributed by atoms with Crippen molar-refractivity contribution in [1.29, 1.82) is 0 Å². The third-order valence-corrected chi connectivity index (χ3v) is 3.06. The van der Waals surface area contributed by atoms with Crippen LogP contribution in [0, 0.1) is 0 Å². The SMILES string of the molecule is CCCNCC(=O)NCCN1CCN(C)CC1. The van der Waals surface area contributed by atoms with Crippen molar-refractivity contribution in [3.63, 3.8) is 0 Å². The first-order valence-corrected chi connectivity index (χ1v) is 6.60. The van der Waals surface area contributed by atoms with E-state index < -0.39 is 0 Å². The van der Waals surface area contributed by atoms with Crippen molar-refractivity contribution in [1.82, 2.24) is 20.4 Å². The Kier molecular flexibility index (Phi) is 7.16. The molecule has 0 aromatic carbocycles. The molecule has 0 radical (unpaired) electrons. The minimum atomic E-state index is 0.104. The molecule has 17 heavy (non-hydrogen) atoms. The smallest absolute Gasteiger partial charge is 0.234 e. The maximum absolute atomic E-state index is 11.4. The number of hydrogen-bond acceptors (Lipinski definition) is 4. The standard InChI is InChI=1S/C12H26N4O/c1-3-4-13-11-12(17)14-5-6-16-9-7-15(2)8-10-16/h13H,3-11H2,1-2H3,(H,14,17). The molecule has 0 unspecified atom stereocenters. The molecule has 0 aliphatic carbocycles. The van der Waals surface area contributed by atoms with Crippen molar-refractivity contribution in [3.8, 4) is 0 Å². The number of amides is 1. The van der Waals surface area contributed by atoms with E-state index in [0.717, 1.165) is 52.2 Å². The van der Waals surface area contributed by atoms with Crippen LogP contribution in [0.1, 0.15) is 13.3 Å². The molecule has 2 N–H and O–H groups in total. The van der Waals surface area contributed by atoms with Crippen LogP contribution in [0.5, 0.6) is 0 Å². The van der Waals surface area contributed by atoms with Crippen LogP contribution < -0.4 is 10.6 Å². The fraction of sp³-hybridized carbons (Fsp3) is 0.917. The van der Waals surface area contributed by atoms with E-state index in [1.807, 2.05) is 0 Å². The molecule has 0 aromatic rings. The molecule has 1 saturated heterocycles. The summed E-state index contributed by atoms with van der Waals surface area (Å²) in [6.07, 6.45) is 1.06. The van der Waals surface area contributed by atoms with Crippen molar-refractivity contribution in [2.24, 2.45) is 0 Å². The van der Waals surface area contributed by atoms with E-state index in [0.29, 0.717) is 6.54 Å². The van der Waals surface area contributed by atoms with Crippen LogP contribution in [0.25, 0.3) is 0 Å². The van der Waals surface area contributed by atoms with E-state index in [1.165, 1.54) is 0 Å². The Morgan fingerprint density at radius 2 is 1.88 bits per heavy atom. The van der Waals surface area contributed by atoms with Gasteiger partial charge in [0.2, 0.25) is 5.91 Å². The fourth-order valence-electron chi connectivity index (χ4n) is 1.87. The highest BCUT2D eigenvalue weighted by Crippen LogP contribution is 1.97. The summed E-state index contributed by atoms with van der Waals surface area (Å²) in [4.78, 5) is 16.2. The second-order valence-corrected chi connectivity index (χ2v) is 4.67. The average Bonchev–Trinajstić information content (AvgIpc) is 2.32. The Labute approximate surface area is 105 Å². The topological polar surface area (TPSA) is 47.6 Å². The summed E-state index contributed by atoms with van der Waals surface area (Å²) in [6, 6.07) is 0. The van der Waals surface area contributed by atoms with Crippen LogP contribution in [0.3, 0.4) is 0 Å². The van der Waals surface area contributed by atoms with Crippen LogP contribution in [-0.4, -0.2) is 75.1 Å². The highest BCUT2D eigenvalue weighted by Gasteiger charge is 2.12. The van der Waals surface area contributed by atoms with Crippen LogP contribution in [-0.2, 0) is 4.79 Å². The van der Waals surface area contributed by atoms with Crippen molar-refractivity contribution >= 4 is 5.91 Å². The molecule has 5 heteroatoms. The lowest BCUT2D eigenvalue weighted by Gasteiger charge is -2.32. The largest absolute Gasteiger partial charge is 0.354 e. The molecular weight excluding hydrogens is 216 g/mol. The minimum Gasteiger partial charge on any atom is -0.354 e. The average molecular weight is 242 g/mol. The van der Waals surface area contributed by atoms with E-state index in [-0.39, 0.29) is 5.91 Å². The number of carbonyl (C=O) groups excluding carboxylic acids is 1. The van der Waals surface area contributed by atoms with E-state index >= 15 is 0 Å². The highest BCUT2D eigenvalue weighted by molar-refractivity contribution is 5.77. The van der Waals surface area contributed by atoms with Gasteiger partial charge in [-0.3, -0.25) is 9.69 Å². The number of nitrogens with zero attached hydrogens (tertiary/aromatic N) is 2. The van der Waals surface area contributed by atoms with Crippen molar-refractivity contribution in [3.05, 3.63) is 0 Å². The first kappa shape index (κ1) is 14.4. The molecular formula is C12H26N4O. The maximum atomic E-state index is 11.4. The Hall–Kier alpha value is -0.650. The van der Waals surface area contributed by atoms with Crippen LogP contribution >= 0.6 is 0 Å². The van der Waals surface area contributed by atoms with E-state index in [2.05, 4.69) is 34.4 Å². The summed E-state index contributed by atoms with van der Waals surface area (Å²) in [5, 5.41) is 6.04. The van der Waals surface area contributed by atoms with Crippen molar-refractivity contribution in [2.45, 2.75) is 13.3 Å². The van der Waals surface area contributed by atoms with Crippen LogP contribution in [0.4, 0.5) is 0 Å². The van der Waals surface area contributed by atoms with Gasteiger partial charge in [0.15, 0.2) is 0 Å².